The minimum absolute atomic E-state index is 0.133. The highest BCUT2D eigenvalue weighted by atomic mass is 16.2. The number of imidazole rings is 1. The molecule has 2 aromatic heterocycles. The molecule has 1 aliphatic heterocycles. The van der Waals surface area contributed by atoms with E-state index in [1.54, 1.807) is 0 Å². The van der Waals surface area contributed by atoms with Crippen molar-refractivity contribution in [3.05, 3.63) is 89.0 Å². The van der Waals surface area contributed by atoms with Gasteiger partial charge in [0, 0.05) is 36.9 Å². The SMILES string of the molecule is Cc1cc(C(=O)N2CCCC(c3nc4ccccc4[nH]3)C2)c(C)n1Cc1ccccc1. The first kappa shape index (κ1) is 19.6. The zero-order chi connectivity index (χ0) is 21.4. The van der Waals surface area contributed by atoms with Crippen molar-refractivity contribution in [3.8, 4) is 0 Å². The summed E-state index contributed by atoms with van der Waals surface area (Å²) < 4.78 is 2.24. The number of aromatic amines is 1. The van der Waals surface area contributed by atoms with Gasteiger partial charge in [-0.15, -0.1) is 0 Å². The maximum absolute atomic E-state index is 13.5. The fraction of sp³-hybridized carbons (Fsp3) is 0.308. The van der Waals surface area contributed by atoms with E-state index in [1.807, 2.05) is 35.2 Å². The van der Waals surface area contributed by atoms with E-state index in [0.717, 1.165) is 59.7 Å². The van der Waals surface area contributed by atoms with Gasteiger partial charge in [0.25, 0.3) is 5.91 Å². The van der Waals surface area contributed by atoms with Gasteiger partial charge in [-0.3, -0.25) is 4.79 Å². The summed E-state index contributed by atoms with van der Waals surface area (Å²) in [6.45, 7) is 6.44. The Morgan fingerprint density at radius 2 is 1.87 bits per heavy atom. The summed E-state index contributed by atoms with van der Waals surface area (Å²) in [5.74, 6) is 1.37. The molecule has 1 amide bonds. The lowest BCUT2D eigenvalue weighted by atomic mass is 9.96. The molecule has 5 rings (SSSR count). The van der Waals surface area contributed by atoms with Crippen molar-refractivity contribution < 1.29 is 4.79 Å². The second-order valence-electron chi connectivity index (χ2n) is 8.59. The number of amides is 1. The van der Waals surface area contributed by atoms with Crippen LogP contribution in [0.4, 0.5) is 0 Å². The largest absolute Gasteiger partial charge is 0.344 e. The van der Waals surface area contributed by atoms with Crippen LogP contribution in [-0.2, 0) is 6.54 Å². The van der Waals surface area contributed by atoms with Crippen molar-refractivity contribution in [2.75, 3.05) is 13.1 Å². The number of H-pyrrole nitrogens is 1. The minimum atomic E-state index is 0.133. The van der Waals surface area contributed by atoms with Crippen molar-refractivity contribution in [2.24, 2.45) is 0 Å². The minimum Gasteiger partial charge on any atom is -0.344 e. The third kappa shape index (κ3) is 3.76. The number of likely N-dealkylation sites (tertiary alicyclic amines) is 1. The van der Waals surface area contributed by atoms with Crippen LogP contribution in [0.3, 0.4) is 0 Å². The molecule has 0 spiro atoms. The Hall–Kier alpha value is -3.34. The molecule has 3 heterocycles. The Morgan fingerprint density at radius 1 is 1.10 bits per heavy atom. The van der Waals surface area contributed by atoms with Crippen LogP contribution in [0.15, 0.2) is 60.7 Å². The van der Waals surface area contributed by atoms with Crippen molar-refractivity contribution in [1.29, 1.82) is 0 Å². The second kappa shape index (κ2) is 8.06. The predicted octanol–water partition coefficient (Wildman–Crippen LogP) is 5.05. The molecule has 0 saturated carbocycles. The third-order valence-corrected chi connectivity index (χ3v) is 6.49. The first-order valence-corrected chi connectivity index (χ1v) is 11.0. The molecule has 5 nitrogen and oxygen atoms in total. The lowest BCUT2D eigenvalue weighted by Crippen LogP contribution is -2.39. The highest BCUT2D eigenvalue weighted by Gasteiger charge is 2.29. The van der Waals surface area contributed by atoms with Gasteiger partial charge in [0.15, 0.2) is 0 Å². The first-order chi connectivity index (χ1) is 15.1. The van der Waals surface area contributed by atoms with Gasteiger partial charge in [0.05, 0.1) is 16.6 Å². The lowest BCUT2D eigenvalue weighted by molar-refractivity contribution is 0.0704. The summed E-state index contributed by atoms with van der Waals surface area (Å²) >= 11 is 0. The number of piperidine rings is 1. The number of carbonyl (C=O) groups is 1. The summed E-state index contributed by atoms with van der Waals surface area (Å²) in [7, 11) is 0. The monoisotopic (exact) mass is 412 g/mol. The molecule has 0 aliphatic carbocycles. The summed E-state index contributed by atoms with van der Waals surface area (Å²) in [6.07, 6.45) is 2.05. The molecule has 1 unspecified atom stereocenters. The maximum atomic E-state index is 13.5. The highest BCUT2D eigenvalue weighted by Crippen LogP contribution is 2.28. The molecule has 1 aliphatic rings. The Bertz CT molecular complexity index is 1190. The van der Waals surface area contributed by atoms with Gasteiger partial charge in [0.1, 0.15) is 5.82 Å². The Morgan fingerprint density at radius 3 is 2.68 bits per heavy atom. The molecule has 1 fully saturated rings. The molecule has 0 bridgehead atoms. The molecule has 1 N–H and O–H groups in total. The van der Waals surface area contributed by atoms with Gasteiger partial charge >= 0.3 is 0 Å². The Balaban J connectivity index is 1.36. The number of hydrogen-bond acceptors (Lipinski definition) is 2. The number of hydrogen-bond donors (Lipinski definition) is 1. The quantitative estimate of drug-likeness (QED) is 0.510. The fourth-order valence-corrected chi connectivity index (χ4v) is 4.75. The molecule has 0 radical (unpaired) electrons. The van der Waals surface area contributed by atoms with E-state index >= 15 is 0 Å². The zero-order valence-corrected chi connectivity index (χ0v) is 18.1. The number of nitrogens with zero attached hydrogens (tertiary/aromatic N) is 3. The molecular formula is C26H28N4O. The number of aromatic nitrogens is 3. The number of carbonyl (C=O) groups excluding carboxylic acids is 1. The zero-order valence-electron chi connectivity index (χ0n) is 18.1. The van der Waals surface area contributed by atoms with Crippen molar-refractivity contribution >= 4 is 16.9 Å². The summed E-state index contributed by atoms with van der Waals surface area (Å²) in [6, 6.07) is 20.6. The molecule has 31 heavy (non-hydrogen) atoms. The van der Waals surface area contributed by atoms with Gasteiger partial charge in [-0.25, -0.2) is 4.98 Å². The van der Waals surface area contributed by atoms with Crippen LogP contribution in [0.5, 0.6) is 0 Å². The standard InChI is InChI=1S/C26H28N4O/c1-18-15-22(19(2)30(18)16-20-9-4-3-5-10-20)26(31)29-14-8-11-21(17-29)25-27-23-12-6-7-13-24(23)28-25/h3-7,9-10,12-13,15,21H,8,11,14,16-17H2,1-2H3,(H,27,28). The van der Waals surface area contributed by atoms with Crippen LogP contribution in [-0.4, -0.2) is 38.4 Å². The van der Waals surface area contributed by atoms with Crippen LogP contribution in [0.2, 0.25) is 0 Å². The van der Waals surface area contributed by atoms with Crippen molar-refractivity contribution in [2.45, 2.75) is 39.2 Å². The van der Waals surface area contributed by atoms with E-state index in [1.165, 1.54) is 5.56 Å². The van der Waals surface area contributed by atoms with Crippen LogP contribution >= 0.6 is 0 Å². The average molecular weight is 413 g/mol. The van der Waals surface area contributed by atoms with Crippen molar-refractivity contribution in [1.82, 2.24) is 19.4 Å². The number of para-hydroxylation sites is 2. The van der Waals surface area contributed by atoms with Crippen LogP contribution < -0.4 is 0 Å². The van der Waals surface area contributed by atoms with Gasteiger partial charge in [-0.1, -0.05) is 42.5 Å². The molecule has 4 aromatic rings. The number of aryl methyl sites for hydroxylation is 1. The number of fused-ring (bicyclic) bond motifs is 1. The van der Waals surface area contributed by atoms with E-state index in [0.29, 0.717) is 6.54 Å². The second-order valence-corrected chi connectivity index (χ2v) is 8.59. The fourth-order valence-electron chi connectivity index (χ4n) is 4.75. The van der Waals surface area contributed by atoms with Crippen molar-refractivity contribution in [3.63, 3.8) is 0 Å². The molecule has 2 aromatic carbocycles. The molecule has 5 heteroatoms. The van der Waals surface area contributed by atoms with Gasteiger partial charge in [-0.05, 0) is 50.5 Å². The van der Waals surface area contributed by atoms with Gasteiger partial charge in [0.2, 0.25) is 0 Å². The number of nitrogens with one attached hydrogen (secondary N) is 1. The van der Waals surface area contributed by atoms with Gasteiger partial charge < -0.3 is 14.5 Å². The van der Waals surface area contributed by atoms with Crippen LogP contribution in [0, 0.1) is 13.8 Å². The topological polar surface area (TPSA) is 53.9 Å². The summed E-state index contributed by atoms with van der Waals surface area (Å²) in [4.78, 5) is 23.7. The van der Waals surface area contributed by atoms with Crippen LogP contribution in [0.1, 0.15) is 51.9 Å². The van der Waals surface area contributed by atoms with Gasteiger partial charge in [-0.2, -0.15) is 0 Å². The Kier molecular flexibility index (Phi) is 5.10. The molecular weight excluding hydrogens is 384 g/mol. The van der Waals surface area contributed by atoms with E-state index < -0.39 is 0 Å². The third-order valence-electron chi connectivity index (χ3n) is 6.49. The summed E-state index contributed by atoms with van der Waals surface area (Å²) in [5, 5.41) is 0. The van der Waals surface area contributed by atoms with E-state index in [2.05, 4.69) is 53.7 Å². The normalized spacial score (nSPS) is 16.7. The summed E-state index contributed by atoms with van der Waals surface area (Å²) in [5.41, 5.74) is 6.27. The first-order valence-electron chi connectivity index (χ1n) is 11.0. The smallest absolute Gasteiger partial charge is 0.255 e. The number of rotatable bonds is 4. The molecule has 1 atom stereocenters. The average Bonchev–Trinajstić information content (AvgIpc) is 3.36. The lowest BCUT2D eigenvalue weighted by Gasteiger charge is -2.32. The van der Waals surface area contributed by atoms with E-state index in [9.17, 15) is 4.79 Å². The molecule has 1 saturated heterocycles. The highest BCUT2D eigenvalue weighted by molar-refractivity contribution is 5.96. The maximum Gasteiger partial charge on any atom is 0.255 e. The van der Waals surface area contributed by atoms with E-state index in [4.69, 9.17) is 4.98 Å². The van der Waals surface area contributed by atoms with Crippen LogP contribution in [0.25, 0.3) is 11.0 Å². The Labute approximate surface area is 182 Å². The molecule has 158 valence electrons. The van der Waals surface area contributed by atoms with E-state index in [-0.39, 0.29) is 11.8 Å². The predicted molar refractivity (Wildman–Crippen MR) is 123 cm³/mol. The number of benzene rings is 2.